The third-order valence-electron chi connectivity index (χ3n) is 5.24. The van der Waals surface area contributed by atoms with Gasteiger partial charge in [0.15, 0.2) is 11.2 Å². The Morgan fingerprint density at radius 1 is 1.11 bits per heavy atom. The van der Waals surface area contributed by atoms with Crippen molar-refractivity contribution in [3.05, 3.63) is 56.5 Å². The number of halogens is 1. The summed E-state index contributed by atoms with van der Waals surface area (Å²) in [4.78, 5) is 32.0. The van der Waals surface area contributed by atoms with Crippen molar-refractivity contribution in [3.63, 3.8) is 0 Å². The smallest absolute Gasteiger partial charge is 0.332 e. The molecule has 0 amide bonds. The Balaban J connectivity index is 1.98. The molecule has 1 N–H and O–H groups in total. The topological polar surface area (TPSA) is 77.1 Å². The summed E-state index contributed by atoms with van der Waals surface area (Å²) in [5.74, 6) is 0.245. The van der Waals surface area contributed by atoms with E-state index in [-0.39, 0.29) is 12.4 Å². The van der Waals surface area contributed by atoms with Crippen molar-refractivity contribution in [1.29, 1.82) is 0 Å². The Morgan fingerprint density at radius 3 is 2.68 bits per heavy atom. The van der Waals surface area contributed by atoms with E-state index in [1.165, 1.54) is 17.7 Å². The number of hydrogen-bond donors (Lipinski definition) is 1. The molecule has 3 aromatic rings. The highest BCUT2D eigenvalue weighted by atomic mass is 19.1. The van der Waals surface area contributed by atoms with Gasteiger partial charge in [0, 0.05) is 39.3 Å². The number of benzene rings is 1. The molecular weight excluding hydrogens is 363 g/mol. The average molecular weight is 386 g/mol. The van der Waals surface area contributed by atoms with Gasteiger partial charge in [-0.25, -0.2) is 9.18 Å². The normalized spacial score (nSPS) is 15.2. The summed E-state index contributed by atoms with van der Waals surface area (Å²) >= 11 is 0. The van der Waals surface area contributed by atoms with Gasteiger partial charge in [0.2, 0.25) is 5.95 Å². The average Bonchev–Trinajstić information content (AvgIpc) is 2.87. The second-order valence-corrected chi connectivity index (χ2v) is 7.06. The van der Waals surface area contributed by atoms with E-state index in [4.69, 9.17) is 0 Å². The number of anilines is 1. The van der Waals surface area contributed by atoms with E-state index >= 15 is 0 Å². The maximum atomic E-state index is 14.3. The van der Waals surface area contributed by atoms with E-state index in [0.717, 1.165) is 37.2 Å². The lowest BCUT2D eigenvalue weighted by molar-refractivity contribution is 0.599. The van der Waals surface area contributed by atoms with Crippen molar-refractivity contribution in [3.8, 4) is 0 Å². The number of hydrogen-bond acceptors (Lipinski definition) is 5. The fraction of sp³-hybridized carbons (Fsp3) is 0.421. The summed E-state index contributed by atoms with van der Waals surface area (Å²) in [5.41, 5.74) is 0.224. The highest BCUT2D eigenvalue weighted by molar-refractivity contribution is 5.74. The van der Waals surface area contributed by atoms with E-state index in [2.05, 4.69) is 15.2 Å². The zero-order chi connectivity index (χ0) is 19.8. The first kappa shape index (κ1) is 18.4. The lowest BCUT2D eigenvalue weighted by atomic mass is 10.2. The fourth-order valence-electron chi connectivity index (χ4n) is 3.67. The SMILES string of the molecule is Cn1c(=O)c2c(nc(N3CCCNCC3)n2Cc2ccccc2F)n(C)c1=O. The van der Waals surface area contributed by atoms with Crippen LogP contribution in [0, 0.1) is 5.82 Å². The van der Waals surface area contributed by atoms with E-state index in [1.807, 2.05) is 0 Å². The molecule has 1 aromatic carbocycles. The number of fused-ring (bicyclic) bond motifs is 1. The van der Waals surface area contributed by atoms with Crippen molar-refractivity contribution in [2.75, 3.05) is 31.1 Å². The highest BCUT2D eigenvalue weighted by Gasteiger charge is 2.24. The predicted octanol–water partition coefficient (Wildman–Crippen LogP) is 0.421. The van der Waals surface area contributed by atoms with Crippen LogP contribution in [-0.4, -0.2) is 44.9 Å². The second-order valence-electron chi connectivity index (χ2n) is 7.06. The molecule has 1 saturated heterocycles. The third kappa shape index (κ3) is 3.01. The summed E-state index contributed by atoms with van der Waals surface area (Å²) in [6, 6.07) is 6.50. The fourth-order valence-corrected chi connectivity index (χ4v) is 3.67. The number of aromatic nitrogens is 4. The minimum Gasteiger partial charge on any atom is -0.341 e. The van der Waals surface area contributed by atoms with Crippen LogP contribution in [0.25, 0.3) is 11.2 Å². The van der Waals surface area contributed by atoms with E-state index < -0.39 is 11.2 Å². The molecule has 9 heteroatoms. The van der Waals surface area contributed by atoms with Crippen LogP contribution < -0.4 is 21.5 Å². The van der Waals surface area contributed by atoms with E-state index in [1.54, 1.807) is 29.8 Å². The number of nitrogens with one attached hydrogen (secondary N) is 1. The minimum absolute atomic E-state index is 0.163. The Morgan fingerprint density at radius 2 is 1.89 bits per heavy atom. The summed E-state index contributed by atoms with van der Waals surface area (Å²) in [6.07, 6.45) is 0.930. The Hall–Kier alpha value is -2.94. The van der Waals surface area contributed by atoms with Crippen LogP contribution in [0.4, 0.5) is 10.3 Å². The van der Waals surface area contributed by atoms with Gasteiger partial charge >= 0.3 is 5.69 Å². The van der Waals surface area contributed by atoms with Crippen LogP contribution in [0.3, 0.4) is 0 Å². The van der Waals surface area contributed by atoms with Crippen molar-refractivity contribution in [1.82, 2.24) is 24.0 Å². The molecule has 28 heavy (non-hydrogen) atoms. The molecule has 3 heterocycles. The Bertz CT molecular complexity index is 1140. The van der Waals surface area contributed by atoms with Crippen LogP contribution in [0.15, 0.2) is 33.9 Å². The van der Waals surface area contributed by atoms with Gasteiger partial charge in [-0.1, -0.05) is 18.2 Å². The van der Waals surface area contributed by atoms with Gasteiger partial charge in [-0.2, -0.15) is 4.98 Å². The first-order valence-electron chi connectivity index (χ1n) is 9.34. The van der Waals surface area contributed by atoms with E-state index in [0.29, 0.717) is 22.7 Å². The minimum atomic E-state index is -0.433. The maximum Gasteiger partial charge on any atom is 0.332 e. The number of nitrogens with zero attached hydrogens (tertiary/aromatic N) is 5. The molecule has 0 saturated carbocycles. The van der Waals surface area contributed by atoms with Crippen molar-refractivity contribution in [2.45, 2.75) is 13.0 Å². The van der Waals surface area contributed by atoms with Gasteiger partial charge in [-0.3, -0.25) is 18.5 Å². The lowest BCUT2D eigenvalue weighted by Gasteiger charge is -2.22. The lowest BCUT2D eigenvalue weighted by Crippen LogP contribution is -2.37. The van der Waals surface area contributed by atoms with Gasteiger partial charge in [0.25, 0.3) is 5.56 Å². The zero-order valence-corrected chi connectivity index (χ0v) is 16.0. The molecule has 0 unspecified atom stereocenters. The molecular formula is C19H23FN6O2. The zero-order valence-electron chi connectivity index (χ0n) is 16.0. The highest BCUT2D eigenvalue weighted by Crippen LogP contribution is 2.22. The van der Waals surface area contributed by atoms with Gasteiger partial charge < -0.3 is 10.2 Å². The van der Waals surface area contributed by atoms with Crippen LogP contribution in [-0.2, 0) is 20.6 Å². The Labute approximate surface area is 160 Å². The van der Waals surface area contributed by atoms with Crippen molar-refractivity contribution in [2.24, 2.45) is 14.1 Å². The second kappa shape index (κ2) is 7.23. The first-order valence-corrected chi connectivity index (χ1v) is 9.34. The van der Waals surface area contributed by atoms with Gasteiger partial charge in [0.05, 0.1) is 6.54 Å². The summed E-state index contributed by atoms with van der Waals surface area (Å²) in [6.45, 7) is 3.34. The summed E-state index contributed by atoms with van der Waals surface area (Å²) in [5, 5.41) is 3.34. The van der Waals surface area contributed by atoms with Crippen LogP contribution in [0.2, 0.25) is 0 Å². The first-order chi connectivity index (χ1) is 13.5. The van der Waals surface area contributed by atoms with Crippen LogP contribution in [0.1, 0.15) is 12.0 Å². The molecule has 4 rings (SSSR count). The molecule has 1 aliphatic rings. The standard InChI is InChI=1S/C19H23FN6O2/c1-23-16-15(17(27)24(2)19(23)28)26(12-13-6-3-4-7-14(13)20)18(22-16)25-10-5-8-21-9-11-25/h3-4,6-7,21H,5,8-12H2,1-2H3. The molecule has 0 atom stereocenters. The molecule has 0 spiro atoms. The molecule has 148 valence electrons. The summed E-state index contributed by atoms with van der Waals surface area (Å²) in [7, 11) is 3.04. The predicted molar refractivity (Wildman–Crippen MR) is 105 cm³/mol. The molecule has 2 aromatic heterocycles. The van der Waals surface area contributed by atoms with Crippen molar-refractivity contribution >= 4 is 17.1 Å². The molecule has 0 bridgehead atoms. The molecule has 8 nitrogen and oxygen atoms in total. The van der Waals surface area contributed by atoms with Crippen molar-refractivity contribution < 1.29 is 4.39 Å². The molecule has 1 aliphatic heterocycles. The monoisotopic (exact) mass is 386 g/mol. The largest absolute Gasteiger partial charge is 0.341 e. The van der Waals surface area contributed by atoms with Crippen LogP contribution in [0.5, 0.6) is 0 Å². The number of rotatable bonds is 3. The molecule has 0 aliphatic carbocycles. The Kier molecular flexibility index (Phi) is 4.76. The van der Waals surface area contributed by atoms with Gasteiger partial charge in [0.1, 0.15) is 5.82 Å². The quantitative estimate of drug-likeness (QED) is 0.706. The summed E-state index contributed by atoms with van der Waals surface area (Å²) < 4.78 is 18.5. The molecule has 1 fully saturated rings. The van der Waals surface area contributed by atoms with Gasteiger partial charge in [-0.05, 0) is 19.0 Å². The van der Waals surface area contributed by atoms with E-state index in [9.17, 15) is 14.0 Å². The number of aryl methyl sites for hydroxylation is 1. The van der Waals surface area contributed by atoms with Crippen LogP contribution >= 0.6 is 0 Å². The number of imidazole rings is 1. The third-order valence-corrected chi connectivity index (χ3v) is 5.24. The molecule has 0 radical (unpaired) electrons. The maximum absolute atomic E-state index is 14.3. The van der Waals surface area contributed by atoms with Gasteiger partial charge in [-0.15, -0.1) is 0 Å².